The zero-order valence-electron chi connectivity index (χ0n) is 15.6. The van der Waals surface area contributed by atoms with Gasteiger partial charge < -0.3 is 15.0 Å². The first-order valence-corrected chi connectivity index (χ1v) is 8.79. The van der Waals surface area contributed by atoms with Crippen molar-refractivity contribution in [2.24, 2.45) is 0 Å². The number of nitrogens with zero attached hydrogens (tertiary/aromatic N) is 1. The Kier molecular flexibility index (Phi) is 7.21. The first-order chi connectivity index (χ1) is 12.5. The zero-order valence-corrected chi connectivity index (χ0v) is 15.6. The summed E-state index contributed by atoms with van der Waals surface area (Å²) in [6, 6.07) is 16.6. The van der Waals surface area contributed by atoms with Crippen molar-refractivity contribution in [3.8, 4) is 5.75 Å². The minimum absolute atomic E-state index is 0.108. The molecule has 1 atom stereocenters. The summed E-state index contributed by atoms with van der Waals surface area (Å²) < 4.78 is 5.60. The van der Waals surface area contributed by atoms with E-state index in [1.165, 1.54) is 0 Å². The molecule has 1 N–H and O–H groups in total. The van der Waals surface area contributed by atoms with Crippen molar-refractivity contribution in [2.45, 2.75) is 32.9 Å². The SMILES string of the molecule is CC[C@H](C(=O)NC)N(Cc1cccc(C)c1)C(=O)COc1ccccc1. The lowest BCUT2D eigenvalue weighted by molar-refractivity contribution is -0.142. The second-order valence-electron chi connectivity index (χ2n) is 6.15. The number of rotatable bonds is 8. The van der Waals surface area contributed by atoms with Crippen molar-refractivity contribution in [1.82, 2.24) is 10.2 Å². The molecule has 0 fully saturated rings. The van der Waals surface area contributed by atoms with Crippen LogP contribution in [0.1, 0.15) is 24.5 Å². The number of hydrogen-bond donors (Lipinski definition) is 1. The summed E-state index contributed by atoms with van der Waals surface area (Å²) in [6.45, 7) is 4.16. The fourth-order valence-corrected chi connectivity index (χ4v) is 2.84. The van der Waals surface area contributed by atoms with E-state index in [0.29, 0.717) is 18.7 Å². The zero-order chi connectivity index (χ0) is 18.9. The number of amides is 2. The van der Waals surface area contributed by atoms with Crippen LogP contribution in [-0.2, 0) is 16.1 Å². The molecule has 0 unspecified atom stereocenters. The highest BCUT2D eigenvalue weighted by Crippen LogP contribution is 2.15. The van der Waals surface area contributed by atoms with Gasteiger partial charge in [0.1, 0.15) is 11.8 Å². The average molecular weight is 354 g/mol. The van der Waals surface area contributed by atoms with Crippen molar-refractivity contribution in [3.63, 3.8) is 0 Å². The summed E-state index contributed by atoms with van der Waals surface area (Å²) in [4.78, 5) is 26.7. The molecule has 0 aliphatic heterocycles. The number of para-hydroxylation sites is 1. The predicted molar refractivity (Wildman–Crippen MR) is 102 cm³/mol. The number of likely N-dealkylation sites (N-methyl/N-ethyl adjacent to an activating group) is 1. The van der Waals surface area contributed by atoms with Gasteiger partial charge in [0.2, 0.25) is 5.91 Å². The Morgan fingerprint density at radius 1 is 1.12 bits per heavy atom. The third-order valence-corrected chi connectivity index (χ3v) is 4.17. The third kappa shape index (κ3) is 5.34. The van der Waals surface area contributed by atoms with Crippen LogP contribution in [0, 0.1) is 6.92 Å². The van der Waals surface area contributed by atoms with Gasteiger partial charge in [-0.15, -0.1) is 0 Å². The van der Waals surface area contributed by atoms with Gasteiger partial charge in [0.25, 0.3) is 5.91 Å². The van der Waals surface area contributed by atoms with Gasteiger partial charge in [-0.25, -0.2) is 0 Å². The lowest BCUT2D eigenvalue weighted by atomic mass is 10.1. The van der Waals surface area contributed by atoms with E-state index < -0.39 is 6.04 Å². The summed E-state index contributed by atoms with van der Waals surface area (Å²) in [7, 11) is 1.58. The smallest absolute Gasteiger partial charge is 0.261 e. The Morgan fingerprint density at radius 3 is 2.46 bits per heavy atom. The lowest BCUT2D eigenvalue weighted by Gasteiger charge is -2.30. The molecule has 0 aliphatic carbocycles. The molecule has 0 aliphatic rings. The highest BCUT2D eigenvalue weighted by atomic mass is 16.5. The maximum atomic E-state index is 12.8. The van der Waals surface area contributed by atoms with Crippen LogP contribution in [0.5, 0.6) is 5.75 Å². The van der Waals surface area contributed by atoms with Crippen LogP contribution in [0.3, 0.4) is 0 Å². The molecule has 26 heavy (non-hydrogen) atoms. The molecule has 0 radical (unpaired) electrons. The Labute approximate surface area is 155 Å². The Balaban J connectivity index is 2.17. The number of carbonyl (C=O) groups is 2. The number of nitrogens with one attached hydrogen (secondary N) is 1. The molecule has 2 rings (SSSR count). The number of benzene rings is 2. The van der Waals surface area contributed by atoms with E-state index in [-0.39, 0.29) is 18.4 Å². The molecular formula is C21H26N2O3. The summed E-state index contributed by atoms with van der Waals surface area (Å²) in [6.07, 6.45) is 0.530. The van der Waals surface area contributed by atoms with Crippen molar-refractivity contribution in [3.05, 3.63) is 65.7 Å². The molecule has 0 heterocycles. The second-order valence-corrected chi connectivity index (χ2v) is 6.15. The molecule has 0 saturated carbocycles. The van der Waals surface area contributed by atoms with Crippen LogP contribution in [0.25, 0.3) is 0 Å². The summed E-state index contributed by atoms with van der Waals surface area (Å²) in [5.41, 5.74) is 2.10. The van der Waals surface area contributed by atoms with Gasteiger partial charge in [-0.3, -0.25) is 9.59 Å². The minimum atomic E-state index is -0.535. The van der Waals surface area contributed by atoms with E-state index in [9.17, 15) is 9.59 Å². The van der Waals surface area contributed by atoms with Crippen LogP contribution in [0.4, 0.5) is 0 Å². The van der Waals surface area contributed by atoms with Crippen LogP contribution >= 0.6 is 0 Å². The maximum Gasteiger partial charge on any atom is 0.261 e. The first kappa shape index (κ1) is 19.5. The molecular weight excluding hydrogens is 328 g/mol. The van der Waals surface area contributed by atoms with Crippen molar-refractivity contribution < 1.29 is 14.3 Å². The van der Waals surface area contributed by atoms with Crippen LogP contribution in [-0.4, -0.2) is 36.4 Å². The van der Waals surface area contributed by atoms with Gasteiger partial charge in [0.05, 0.1) is 0 Å². The van der Waals surface area contributed by atoms with Crippen molar-refractivity contribution >= 4 is 11.8 Å². The molecule has 5 nitrogen and oxygen atoms in total. The fourth-order valence-electron chi connectivity index (χ4n) is 2.84. The third-order valence-electron chi connectivity index (χ3n) is 4.17. The second kappa shape index (κ2) is 9.61. The van der Waals surface area contributed by atoms with Gasteiger partial charge in [-0.05, 0) is 31.0 Å². The van der Waals surface area contributed by atoms with Gasteiger partial charge in [-0.1, -0.05) is 55.0 Å². The van der Waals surface area contributed by atoms with E-state index in [0.717, 1.165) is 11.1 Å². The quantitative estimate of drug-likeness (QED) is 0.793. The van der Waals surface area contributed by atoms with Gasteiger partial charge in [0.15, 0.2) is 6.61 Å². The number of hydrogen-bond acceptors (Lipinski definition) is 3. The van der Waals surface area contributed by atoms with Crippen LogP contribution in [0.15, 0.2) is 54.6 Å². The van der Waals surface area contributed by atoms with Gasteiger partial charge in [-0.2, -0.15) is 0 Å². The van der Waals surface area contributed by atoms with Crippen LogP contribution in [0.2, 0.25) is 0 Å². The lowest BCUT2D eigenvalue weighted by Crippen LogP contribution is -2.49. The Hall–Kier alpha value is -2.82. The molecule has 138 valence electrons. The molecule has 5 heteroatoms. The number of carbonyl (C=O) groups excluding carboxylic acids is 2. The largest absolute Gasteiger partial charge is 0.484 e. The Bertz CT molecular complexity index is 731. The first-order valence-electron chi connectivity index (χ1n) is 8.79. The molecule has 2 amide bonds. The Morgan fingerprint density at radius 2 is 1.85 bits per heavy atom. The molecule has 2 aromatic carbocycles. The molecule has 0 aromatic heterocycles. The summed E-state index contributed by atoms with van der Waals surface area (Å²) >= 11 is 0. The monoisotopic (exact) mass is 354 g/mol. The van der Waals surface area contributed by atoms with E-state index >= 15 is 0 Å². The van der Waals surface area contributed by atoms with E-state index in [1.807, 2.05) is 56.3 Å². The van der Waals surface area contributed by atoms with Crippen molar-refractivity contribution in [2.75, 3.05) is 13.7 Å². The standard InChI is InChI=1S/C21H26N2O3/c1-4-19(21(25)22-3)23(14-17-10-8-9-16(2)13-17)20(24)15-26-18-11-6-5-7-12-18/h5-13,19H,4,14-15H2,1-3H3,(H,22,25)/t19-/m1/s1. The van der Waals surface area contributed by atoms with E-state index in [2.05, 4.69) is 5.32 Å². The maximum absolute atomic E-state index is 12.8. The minimum Gasteiger partial charge on any atom is -0.484 e. The van der Waals surface area contributed by atoms with Crippen molar-refractivity contribution in [1.29, 1.82) is 0 Å². The fraction of sp³-hybridized carbons (Fsp3) is 0.333. The molecule has 0 bridgehead atoms. The normalized spacial score (nSPS) is 11.5. The highest BCUT2D eigenvalue weighted by molar-refractivity contribution is 5.88. The average Bonchev–Trinajstić information content (AvgIpc) is 2.66. The molecule has 0 saturated heterocycles. The molecule has 0 spiro atoms. The van der Waals surface area contributed by atoms with Crippen LogP contribution < -0.4 is 10.1 Å². The highest BCUT2D eigenvalue weighted by Gasteiger charge is 2.28. The predicted octanol–water partition coefficient (Wildman–Crippen LogP) is 2.93. The summed E-state index contributed by atoms with van der Waals surface area (Å²) in [5.74, 6) is 0.239. The number of ether oxygens (including phenoxy) is 1. The van der Waals surface area contributed by atoms with Gasteiger partial charge >= 0.3 is 0 Å². The van der Waals surface area contributed by atoms with E-state index in [4.69, 9.17) is 4.74 Å². The van der Waals surface area contributed by atoms with Gasteiger partial charge in [0, 0.05) is 13.6 Å². The number of aryl methyl sites for hydroxylation is 1. The van der Waals surface area contributed by atoms with E-state index in [1.54, 1.807) is 24.1 Å². The molecule has 2 aromatic rings. The summed E-state index contributed by atoms with van der Waals surface area (Å²) in [5, 5.41) is 2.65. The topological polar surface area (TPSA) is 58.6 Å².